The van der Waals surface area contributed by atoms with Crippen LogP contribution in [0.1, 0.15) is 102 Å². The second-order valence-corrected chi connectivity index (χ2v) is 21.2. The number of halogens is 1. The highest BCUT2D eigenvalue weighted by molar-refractivity contribution is 7.13. The zero-order valence-corrected chi connectivity index (χ0v) is 41.5. The Balaban J connectivity index is 0.793. The average molecular weight is 978 g/mol. The van der Waals surface area contributed by atoms with Crippen LogP contribution in [0.4, 0.5) is 16.0 Å². The fourth-order valence-corrected chi connectivity index (χ4v) is 11.0. The number of β-amino-alcohol motifs (C(OH)–C–C–N with tert-alkyl or cyclic N) is 1. The smallest absolute Gasteiger partial charge is 0.243 e. The Hall–Kier alpha value is -6.02. The number of benzene rings is 2. The van der Waals surface area contributed by atoms with Crippen molar-refractivity contribution in [2.75, 3.05) is 56.0 Å². The van der Waals surface area contributed by atoms with E-state index in [1.54, 1.807) is 37.3 Å². The summed E-state index contributed by atoms with van der Waals surface area (Å²) in [5.74, 6) is -0.495. The number of piperidine rings is 2. The number of aromatic nitrogens is 6. The predicted molar refractivity (Wildman–Crippen MR) is 266 cm³/mol. The van der Waals surface area contributed by atoms with Crippen LogP contribution in [0.15, 0.2) is 64.6 Å². The molecule has 0 radical (unpaired) electrons. The number of para-hydroxylation sites is 1. The van der Waals surface area contributed by atoms with E-state index in [2.05, 4.69) is 40.8 Å². The molecule has 4 atom stereocenters. The van der Waals surface area contributed by atoms with Crippen molar-refractivity contribution < 1.29 is 33.8 Å². The monoisotopic (exact) mass is 977 g/mol. The van der Waals surface area contributed by atoms with E-state index in [1.165, 1.54) is 17.0 Å². The molecule has 9 rings (SSSR count). The van der Waals surface area contributed by atoms with Gasteiger partial charge in [0.2, 0.25) is 11.8 Å². The molecule has 2 aromatic carbocycles. The van der Waals surface area contributed by atoms with E-state index in [-0.39, 0.29) is 54.9 Å². The van der Waals surface area contributed by atoms with Crippen molar-refractivity contribution in [2.45, 2.75) is 109 Å². The Morgan fingerprint density at radius 1 is 1.00 bits per heavy atom. The Kier molecular flexibility index (Phi) is 14.3. The number of nitrogens with one attached hydrogen (secondary N) is 2. The summed E-state index contributed by atoms with van der Waals surface area (Å²) in [6.45, 7) is 15.9. The number of phenolic OH excluding ortho intramolecular Hbond substituents is 1. The number of rotatable bonds is 15. The lowest BCUT2D eigenvalue weighted by Gasteiger charge is -2.37. The van der Waals surface area contributed by atoms with Crippen LogP contribution in [0.5, 0.6) is 5.75 Å². The van der Waals surface area contributed by atoms with Gasteiger partial charge in [0.25, 0.3) is 0 Å². The first-order valence-electron chi connectivity index (χ1n) is 24.4. The second kappa shape index (κ2) is 20.4. The molecule has 7 heterocycles. The number of amides is 2. The summed E-state index contributed by atoms with van der Waals surface area (Å²) < 4.78 is 22.2. The summed E-state index contributed by atoms with van der Waals surface area (Å²) in [6.07, 6.45) is 2.98. The molecular weight excluding hydrogens is 914 g/mol. The van der Waals surface area contributed by atoms with E-state index < -0.39 is 35.2 Å². The van der Waals surface area contributed by atoms with Crippen molar-refractivity contribution in [3.63, 3.8) is 0 Å². The van der Waals surface area contributed by atoms with Gasteiger partial charge in [0.1, 0.15) is 12.0 Å². The minimum Gasteiger partial charge on any atom is -0.504 e. The third-order valence-electron chi connectivity index (χ3n) is 14.2. The molecule has 0 saturated carbocycles. The highest BCUT2D eigenvalue weighted by atomic mass is 32.1. The van der Waals surface area contributed by atoms with Crippen molar-refractivity contribution in [3.05, 3.63) is 82.9 Å². The molecule has 17 nitrogen and oxygen atoms in total. The number of carbonyl (C=O) groups is 2. The molecule has 3 saturated heterocycles. The van der Waals surface area contributed by atoms with Gasteiger partial charge >= 0.3 is 0 Å². The van der Waals surface area contributed by atoms with Crippen LogP contribution in [0, 0.1) is 24.6 Å². The first kappa shape index (κ1) is 49.0. The lowest BCUT2D eigenvalue weighted by molar-refractivity contribution is -0.141. The van der Waals surface area contributed by atoms with Crippen molar-refractivity contribution in [1.29, 1.82) is 0 Å². The number of phenols is 1. The van der Waals surface area contributed by atoms with Crippen LogP contribution >= 0.6 is 11.3 Å². The van der Waals surface area contributed by atoms with Gasteiger partial charge in [0.15, 0.2) is 34.5 Å². The number of likely N-dealkylation sites (tertiary alicyclic amines) is 2. The van der Waals surface area contributed by atoms with E-state index in [4.69, 9.17) is 9.62 Å². The molecule has 3 fully saturated rings. The number of aliphatic hydroxyl groups excluding tert-OH is 1. The number of hydrogen-bond acceptors (Lipinski definition) is 15. The van der Waals surface area contributed by atoms with Gasteiger partial charge in [0.05, 0.1) is 51.1 Å². The van der Waals surface area contributed by atoms with Crippen LogP contribution in [0.3, 0.4) is 0 Å². The zero-order valence-electron chi connectivity index (χ0n) is 40.7. The third kappa shape index (κ3) is 10.5. The minimum absolute atomic E-state index is 0.0619. The van der Waals surface area contributed by atoms with Crippen LogP contribution in [0.25, 0.3) is 32.7 Å². The summed E-state index contributed by atoms with van der Waals surface area (Å²) in [7, 11) is 0. The minimum atomic E-state index is -0.989. The molecule has 0 bridgehead atoms. The fourth-order valence-electron chi connectivity index (χ4n) is 10.2. The van der Waals surface area contributed by atoms with Gasteiger partial charge in [-0.3, -0.25) is 14.3 Å². The van der Waals surface area contributed by atoms with Gasteiger partial charge in [-0.05, 0) is 94.5 Å². The SMILES string of the molecule is Cc1ncsc1-c1ccc([C@H](C)NC(=O)[C@@H]2C[C@@H](O)CN2C(=O)C(c2cc(N3CCC(CN4CCC(n5nc(NCC(C)(C)O)c6nnc(-c7cccc(F)c7O)cc65)CC4)CC3)no2)C(C)C)cc1. The molecule has 0 spiro atoms. The maximum Gasteiger partial charge on any atom is 0.243 e. The molecule has 1 unspecified atom stereocenters. The normalized spacial score (nSPS) is 19.6. The topological polar surface area (TPSA) is 211 Å². The first-order chi connectivity index (χ1) is 33.5. The average Bonchev–Trinajstić information content (AvgIpc) is 4.16. The standard InChI is InChI=1S/C51H64FN11O6S/c1-29(2)44(50(67)62-26-36(64)22-41(62)49(66)55-30(3)33-10-12-34(13-11-33)47-31(4)54-28-70-47)42-24-43(59-69-42)61-20-14-32(15-21-61)25-60-18-16-35(17-19-60)63-40-23-39(37-8-7-9-38(52)46(37)65)56-57-45(40)48(58-63)53-27-51(5,6)68/h7-13,23-24,28-30,32,35-36,41,44,64-65,68H,14-22,25-27H2,1-6H3,(H,53,58)(H,55,66)/t30-,36+,41-,44?/m0/s1. The largest absolute Gasteiger partial charge is 0.504 e. The maximum atomic E-state index is 14.4. The van der Waals surface area contributed by atoms with Gasteiger partial charge in [-0.1, -0.05) is 49.3 Å². The fraction of sp³-hybridized carbons (Fsp3) is 0.510. The number of nitrogens with zero attached hydrogens (tertiary/aromatic N) is 9. The Labute approximate surface area is 411 Å². The predicted octanol–water partition coefficient (Wildman–Crippen LogP) is 7.07. The van der Waals surface area contributed by atoms with Crippen LogP contribution in [-0.4, -0.2) is 131 Å². The number of aryl methyl sites for hydroxylation is 1. The Bertz CT molecular complexity index is 2790. The van der Waals surface area contributed by atoms with Crippen LogP contribution in [-0.2, 0) is 9.59 Å². The molecule has 3 aliphatic heterocycles. The Morgan fingerprint density at radius 2 is 1.74 bits per heavy atom. The molecular formula is C51H64FN11O6S. The summed E-state index contributed by atoms with van der Waals surface area (Å²) in [5, 5.41) is 56.2. The van der Waals surface area contributed by atoms with Crippen molar-refractivity contribution >= 4 is 45.8 Å². The maximum absolute atomic E-state index is 14.4. The molecule has 19 heteroatoms. The van der Waals surface area contributed by atoms with Crippen molar-refractivity contribution in [1.82, 2.24) is 45.2 Å². The van der Waals surface area contributed by atoms with Crippen molar-refractivity contribution in [2.24, 2.45) is 11.8 Å². The number of carbonyl (C=O) groups excluding carboxylic acids is 2. The Morgan fingerprint density at radius 3 is 2.43 bits per heavy atom. The van der Waals surface area contributed by atoms with Gasteiger partial charge < -0.3 is 45.2 Å². The quantitative estimate of drug-likeness (QED) is 0.0697. The van der Waals surface area contributed by atoms with Gasteiger partial charge in [0, 0.05) is 63.9 Å². The molecule has 0 aliphatic carbocycles. The molecule has 4 aromatic heterocycles. The lowest BCUT2D eigenvalue weighted by atomic mass is 9.91. The van der Waals surface area contributed by atoms with Gasteiger partial charge in [-0.2, -0.15) is 5.10 Å². The van der Waals surface area contributed by atoms with E-state index in [9.17, 15) is 29.3 Å². The van der Waals surface area contributed by atoms with Crippen LogP contribution in [0.2, 0.25) is 0 Å². The molecule has 70 heavy (non-hydrogen) atoms. The number of fused-ring (bicyclic) bond motifs is 1. The summed E-state index contributed by atoms with van der Waals surface area (Å²) in [5.41, 5.74) is 5.65. The molecule has 5 N–H and O–H groups in total. The van der Waals surface area contributed by atoms with Gasteiger partial charge in [-0.15, -0.1) is 21.5 Å². The lowest BCUT2D eigenvalue weighted by Crippen LogP contribution is -2.48. The number of aromatic hydroxyl groups is 1. The second-order valence-electron chi connectivity index (χ2n) is 20.3. The summed E-state index contributed by atoms with van der Waals surface area (Å²) in [6, 6.07) is 15.0. The molecule has 372 valence electrons. The van der Waals surface area contributed by atoms with E-state index in [0.29, 0.717) is 40.0 Å². The summed E-state index contributed by atoms with van der Waals surface area (Å²) >= 11 is 1.59. The first-order valence-corrected chi connectivity index (χ1v) is 25.3. The third-order valence-corrected chi connectivity index (χ3v) is 15.1. The molecule has 3 aliphatic rings. The summed E-state index contributed by atoms with van der Waals surface area (Å²) in [4.78, 5) is 39.9. The van der Waals surface area contributed by atoms with E-state index in [1.807, 2.05) is 68.2 Å². The van der Waals surface area contributed by atoms with Crippen LogP contribution < -0.4 is 15.5 Å². The number of anilines is 2. The van der Waals surface area contributed by atoms with E-state index in [0.717, 1.165) is 80.1 Å². The number of aliphatic hydroxyl groups is 2. The number of thiazole rings is 1. The molecule has 2 amide bonds. The highest BCUT2D eigenvalue weighted by Gasteiger charge is 2.44. The molecule has 6 aromatic rings. The van der Waals surface area contributed by atoms with E-state index >= 15 is 0 Å². The van der Waals surface area contributed by atoms with Gasteiger partial charge in [-0.25, -0.2) is 9.37 Å². The van der Waals surface area contributed by atoms with Crippen molar-refractivity contribution in [3.8, 4) is 27.4 Å². The number of hydrogen-bond donors (Lipinski definition) is 5. The zero-order chi connectivity index (χ0) is 49.4. The highest BCUT2D eigenvalue weighted by Crippen LogP contribution is 2.37.